The smallest absolute Gasteiger partial charge is 0.162 e. The molecule has 0 bridgehead atoms. The highest BCUT2D eigenvalue weighted by molar-refractivity contribution is 5.77. The standard InChI is InChI=1S/C19H20N6O/c1-13(2)26-7-6-14-8-16-11-23-25(19(16)20-10-14)17-5-3-4-15(9-17)18-21-12-22-24-18/h3-5,8-13H,6-7H2,1-2H3,(H,21,22,24). The number of pyridine rings is 1. The lowest BCUT2D eigenvalue weighted by atomic mass is 10.2. The fourth-order valence-electron chi connectivity index (χ4n) is 2.83. The van der Waals surface area contributed by atoms with Gasteiger partial charge in [0, 0.05) is 17.1 Å². The fraction of sp³-hybridized carbons (Fsp3) is 0.263. The van der Waals surface area contributed by atoms with E-state index in [2.05, 4.69) is 31.3 Å². The van der Waals surface area contributed by atoms with E-state index in [1.807, 2.05) is 55.2 Å². The molecule has 0 amide bonds. The van der Waals surface area contributed by atoms with Crippen molar-refractivity contribution < 1.29 is 4.74 Å². The summed E-state index contributed by atoms with van der Waals surface area (Å²) in [7, 11) is 0. The second kappa shape index (κ2) is 7.05. The maximum Gasteiger partial charge on any atom is 0.162 e. The van der Waals surface area contributed by atoms with Gasteiger partial charge < -0.3 is 4.74 Å². The Hall–Kier alpha value is -3.06. The highest BCUT2D eigenvalue weighted by Gasteiger charge is 2.09. The van der Waals surface area contributed by atoms with E-state index < -0.39 is 0 Å². The molecule has 0 unspecified atom stereocenters. The molecule has 7 heteroatoms. The van der Waals surface area contributed by atoms with E-state index in [1.165, 1.54) is 6.33 Å². The monoisotopic (exact) mass is 348 g/mol. The number of nitrogens with one attached hydrogen (secondary N) is 1. The third-order valence-electron chi connectivity index (χ3n) is 4.09. The molecule has 132 valence electrons. The van der Waals surface area contributed by atoms with Crippen LogP contribution in [0.3, 0.4) is 0 Å². The summed E-state index contributed by atoms with van der Waals surface area (Å²) in [5.41, 5.74) is 3.85. The van der Waals surface area contributed by atoms with E-state index in [1.54, 1.807) is 0 Å². The maximum atomic E-state index is 5.62. The van der Waals surface area contributed by atoms with Gasteiger partial charge in [-0.2, -0.15) is 10.2 Å². The van der Waals surface area contributed by atoms with Crippen LogP contribution in [-0.4, -0.2) is 42.7 Å². The van der Waals surface area contributed by atoms with Crippen LogP contribution in [0.5, 0.6) is 0 Å². The van der Waals surface area contributed by atoms with E-state index in [0.717, 1.165) is 40.1 Å². The van der Waals surface area contributed by atoms with Gasteiger partial charge in [-0.15, -0.1) is 0 Å². The number of aromatic nitrogens is 6. The first-order valence-electron chi connectivity index (χ1n) is 8.61. The van der Waals surface area contributed by atoms with Crippen LogP contribution in [0.25, 0.3) is 28.1 Å². The van der Waals surface area contributed by atoms with Crippen LogP contribution >= 0.6 is 0 Å². The molecule has 7 nitrogen and oxygen atoms in total. The minimum atomic E-state index is 0.242. The Labute approximate surface area is 151 Å². The second-order valence-corrected chi connectivity index (χ2v) is 6.37. The van der Waals surface area contributed by atoms with Crippen molar-refractivity contribution in [1.29, 1.82) is 0 Å². The lowest BCUT2D eigenvalue weighted by Crippen LogP contribution is -2.06. The van der Waals surface area contributed by atoms with E-state index >= 15 is 0 Å². The van der Waals surface area contributed by atoms with Gasteiger partial charge in [0.05, 0.1) is 24.6 Å². The molecule has 3 heterocycles. The average Bonchev–Trinajstić information content (AvgIpc) is 3.31. The molecule has 4 rings (SSSR count). The molecule has 0 saturated carbocycles. The number of fused-ring (bicyclic) bond motifs is 1. The van der Waals surface area contributed by atoms with E-state index in [4.69, 9.17) is 4.74 Å². The lowest BCUT2D eigenvalue weighted by Gasteiger charge is -2.07. The van der Waals surface area contributed by atoms with Gasteiger partial charge in [0.15, 0.2) is 11.5 Å². The van der Waals surface area contributed by atoms with Gasteiger partial charge in [-0.1, -0.05) is 12.1 Å². The minimum absolute atomic E-state index is 0.242. The Morgan fingerprint density at radius 2 is 2.08 bits per heavy atom. The highest BCUT2D eigenvalue weighted by Crippen LogP contribution is 2.21. The summed E-state index contributed by atoms with van der Waals surface area (Å²) in [6.45, 7) is 4.77. The zero-order valence-corrected chi connectivity index (χ0v) is 14.8. The van der Waals surface area contributed by atoms with Gasteiger partial charge in [-0.05, 0) is 44.0 Å². The van der Waals surface area contributed by atoms with Gasteiger partial charge in [-0.3, -0.25) is 5.10 Å². The molecule has 3 aromatic heterocycles. The largest absolute Gasteiger partial charge is 0.378 e. The Kier molecular flexibility index (Phi) is 4.45. The van der Waals surface area contributed by atoms with Gasteiger partial charge in [0.2, 0.25) is 0 Å². The van der Waals surface area contributed by atoms with Crippen molar-refractivity contribution in [3.05, 3.63) is 54.6 Å². The third-order valence-corrected chi connectivity index (χ3v) is 4.09. The molecule has 0 aliphatic carbocycles. The number of hydrogen-bond donors (Lipinski definition) is 1. The van der Waals surface area contributed by atoms with E-state index in [9.17, 15) is 0 Å². The summed E-state index contributed by atoms with van der Waals surface area (Å²) >= 11 is 0. The Morgan fingerprint density at radius 3 is 2.88 bits per heavy atom. The normalized spacial score (nSPS) is 11.5. The number of benzene rings is 1. The van der Waals surface area contributed by atoms with Crippen LogP contribution < -0.4 is 0 Å². The molecular weight excluding hydrogens is 328 g/mol. The molecular formula is C19H20N6O. The molecule has 0 aliphatic rings. The van der Waals surface area contributed by atoms with Crippen LogP contribution in [-0.2, 0) is 11.2 Å². The van der Waals surface area contributed by atoms with E-state index in [0.29, 0.717) is 6.61 Å². The number of nitrogens with zero attached hydrogens (tertiary/aromatic N) is 5. The number of ether oxygens (including phenoxy) is 1. The number of rotatable bonds is 6. The van der Waals surface area contributed by atoms with Crippen molar-refractivity contribution in [2.75, 3.05) is 6.61 Å². The molecule has 0 spiro atoms. The summed E-state index contributed by atoms with van der Waals surface area (Å²) in [4.78, 5) is 8.82. The molecule has 1 N–H and O–H groups in total. The summed E-state index contributed by atoms with van der Waals surface area (Å²) in [6.07, 6.45) is 6.32. The SMILES string of the molecule is CC(C)OCCc1cnc2c(cnn2-c2cccc(-c3ncn[nH]3)c2)c1. The van der Waals surface area contributed by atoms with Crippen molar-refractivity contribution in [1.82, 2.24) is 29.9 Å². The summed E-state index contributed by atoms with van der Waals surface area (Å²) < 4.78 is 7.46. The summed E-state index contributed by atoms with van der Waals surface area (Å²) in [5.74, 6) is 0.726. The highest BCUT2D eigenvalue weighted by atomic mass is 16.5. The van der Waals surface area contributed by atoms with Gasteiger partial charge in [-0.25, -0.2) is 14.6 Å². The minimum Gasteiger partial charge on any atom is -0.378 e. The second-order valence-electron chi connectivity index (χ2n) is 6.37. The zero-order valence-electron chi connectivity index (χ0n) is 14.8. The van der Waals surface area contributed by atoms with Crippen molar-refractivity contribution in [2.45, 2.75) is 26.4 Å². The molecule has 0 radical (unpaired) electrons. The first-order valence-corrected chi connectivity index (χ1v) is 8.61. The first kappa shape index (κ1) is 16.4. The van der Waals surface area contributed by atoms with Gasteiger partial charge in [0.1, 0.15) is 6.33 Å². The van der Waals surface area contributed by atoms with Crippen LogP contribution in [0, 0.1) is 0 Å². The quantitative estimate of drug-likeness (QED) is 0.579. The topological polar surface area (TPSA) is 81.5 Å². The van der Waals surface area contributed by atoms with Crippen molar-refractivity contribution in [3.63, 3.8) is 0 Å². The van der Waals surface area contributed by atoms with Crippen LogP contribution in [0.4, 0.5) is 0 Å². The summed E-state index contributed by atoms with van der Waals surface area (Å²) in [5, 5.41) is 12.3. The predicted octanol–water partition coefficient (Wildman–Crippen LogP) is 3.17. The molecule has 0 saturated heterocycles. The van der Waals surface area contributed by atoms with Crippen molar-refractivity contribution in [2.24, 2.45) is 0 Å². The maximum absolute atomic E-state index is 5.62. The van der Waals surface area contributed by atoms with Crippen molar-refractivity contribution >= 4 is 11.0 Å². The molecule has 1 aromatic carbocycles. The third kappa shape index (κ3) is 3.34. The van der Waals surface area contributed by atoms with Gasteiger partial charge >= 0.3 is 0 Å². The predicted molar refractivity (Wildman–Crippen MR) is 99.0 cm³/mol. The number of aromatic amines is 1. The molecule has 0 fully saturated rings. The summed E-state index contributed by atoms with van der Waals surface area (Å²) in [6, 6.07) is 10.1. The Balaban J connectivity index is 1.62. The Morgan fingerprint density at radius 1 is 1.15 bits per heavy atom. The van der Waals surface area contributed by atoms with E-state index in [-0.39, 0.29) is 6.10 Å². The first-order chi connectivity index (χ1) is 12.7. The molecule has 26 heavy (non-hydrogen) atoms. The van der Waals surface area contributed by atoms with Crippen LogP contribution in [0.1, 0.15) is 19.4 Å². The van der Waals surface area contributed by atoms with Crippen LogP contribution in [0.15, 0.2) is 49.1 Å². The zero-order chi connectivity index (χ0) is 17.9. The Bertz CT molecular complexity index is 1010. The fourth-order valence-corrected chi connectivity index (χ4v) is 2.83. The lowest BCUT2D eigenvalue weighted by molar-refractivity contribution is 0.0813. The number of H-pyrrole nitrogens is 1. The number of hydrogen-bond acceptors (Lipinski definition) is 5. The van der Waals surface area contributed by atoms with Gasteiger partial charge in [0.25, 0.3) is 0 Å². The molecule has 0 atom stereocenters. The molecule has 4 aromatic rings. The average molecular weight is 348 g/mol. The van der Waals surface area contributed by atoms with Crippen molar-refractivity contribution in [3.8, 4) is 17.1 Å². The molecule has 0 aliphatic heterocycles. The van der Waals surface area contributed by atoms with Crippen LogP contribution in [0.2, 0.25) is 0 Å².